The SMILES string of the molecule is CNS(=O)(=O)c1ccc(-n2cnc3ccccc32)cc1N. The first-order valence-electron chi connectivity index (χ1n) is 6.28. The maximum atomic E-state index is 11.8. The molecule has 0 saturated carbocycles. The van der Waals surface area contributed by atoms with Crippen molar-refractivity contribution in [1.29, 1.82) is 0 Å². The molecule has 0 unspecified atom stereocenters. The summed E-state index contributed by atoms with van der Waals surface area (Å²) in [7, 11) is -2.20. The first-order valence-corrected chi connectivity index (χ1v) is 7.77. The van der Waals surface area contributed by atoms with Crippen molar-refractivity contribution < 1.29 is 8.42 Å². The van der Waals surface area contributed by atoms with Gasteiger partial charge >= 0.3 is 0 Å². The van der Waals surface area contributed by atoms with Crippen molar-refractivity contribution in [3.8, 4) is 5.69 Å². The quantitative estimate of drug-likeness (QED) is 0.718. The summed E-state index contributed by atoms with van der Waals surface area (Å²) in [5.41, 5.74) is 8.63. The van der Waals surface area contributed by atoms with Crippen LogP contribution in [0.2, 0.25) is 0 Å². The van der Waals surface area contributed by atoms with Crippen molar-refractivity contribution in [2.75, 3.05) is 12.8 Å². The van der Waals surface area contributed by atoms with Crippen molar-refractivity contribution in [2.45, 2.75) is 4.90 Å². The van der Waals surface area contributed by atoms with E-state index >= 15 is 0 Å². The van der Waals surface area contributed by atoms with Gasteiger partial charge in [-0.3, -0.25) is 4.57 Å². The monoisotopic (exact) mass is 302 g/mol. The highest BCUT2D eigenvalue weighted by molar-refractivity contribution is 7.89. The third-order valence-corrected chi connectivity index (χ3v) is 4.77. The Bertz CT molecular complexity index is 916. The van der Waals surface area contributed by atoms with E-state index in [4.69, 9.17) is 5.73 Å². The highest BCUT2D eigenvalue weighted by atomic mass is 32.2. The second kappa shape index (κ2) is 4.87. The van der Waals surface area contributed by atoms with Crippen LogP contribution in [0.25, 0.3) is 16.7 Å². The van der Waals surface area contributed by atoms with E-state index in [0.717, 1.165) is 16.7 Å². The van der Waals surface area contributed by atoms with Crippen molar-refractivity contribution in [1.82, 2.24) is 14.3 Å². The summed E-state index contributed by atoms with van der Waals surface area (Å²) in [5, 5.41) is 0. The number of anilines is 1. The number of nitrogens with two attached hydrogens (primary N) is 1. The molecule has 0 amide bonds. The van der Waals surface area contributed by atoms with E-state index in [0.29, 0.717) is 0 Å². The lowest BCUT2D eigenvalue weighted by Gasteiger charge is -2.09. The summed E-state index contributed by atoms with van der Waals surface area (Å²) >= 11 is 0. The van der Waals surface area contributed by atoms with Gasteiger partial charge in [0, 0.05) is 5.69 Å². The fraction of sp³-hybridized carbons (Fsp3) is 0.0714. The Kier molecular flexibility index (Phi) is 3.15. The smallest absolute Gasteiger partial charge is 0.242 e. The third-order valence-electron chi connectivity index (χ3n) is 3.28. The molecule has 0 fully saturated rings. The van der Waals surface area contributed by atoms with Gasteiger partial charge in [-0.25, -0.2) is 18.1 Å². The number of rotatable bonds is 3. The van der Waals surface area contributed by atoms with Gasteiger partial charge in [0.1, 0.15) is 11.2 Å². The average molecular weight is 302 g/mol. The van der Waals surface area contributed by atoms with Crippen LogP contribution in [0.3, 0.4) is 0 Å². The number of hydrogen-bond donors (Lipinski definition) is 2. The topological polar surface area (TPSA) is 90.0 Å². The van der Waals surface area contributed by atoms with Gasteiger partial charge < -0.3 is 5.73 Å². The predicted octanol–water partition coefficient (Wildman–Crippen LogP) is 1.52. The van der Waals surface area contributed by atoms with Crippen LogP contribution >= 0.6 is 0 Å². The predicted molar refractivity (Wildman–Crippen MR) is 81.7 cm³/mol. The number of hydrogen-bond acceptors (Lipinski definition) is 4. The lowest BCUT2D eigenvalue weighted by molar-refractivity contribution is 0.588. The molecule has 0 aliphatic carbocycles. The summed E-state index contributed by atoms with van der Waals surface area (Å²) in [6.07, 6.45) is 1.69. The molecular weight excluding hydrogens is 288 g/mol. The zero-order chi connectivity index (χ0) is 15.0. The first-order chi connectivity index (χ1) is 10.0. The molecule has 0 radical (unpaired) electrons. The van der Waals surface area contributed by atoms with Crippen LogP contribution in [-0.2, 0) is 10.0 Å². The van der Waals surface area contributed by atoms with Gasteiger partial charge in [0.05, 0.1) is 16.7 Å². The number of nitrogen functional groups attached to an aromatic ring is 1. The fourth-order valence-electron chi connectivity index (χ4n) is 2.21. The number of sulfonamides is 1. The fourth-order valence-corrected chi connectivity index (χ4v) is 3.04. The van der Waals surface area contributed by atoms with Crippen molar-refractivity contribution in [2.24, 2.45) is 0 Å². The average Bonchev–Trinajstić information content (AvgIpc) is 2.90. The molecule has 7 heteroatoms. The van der Waals surface area contributed by atoms with E-state index in [-0.39, 0.29) is 10.6 Å². The molecule has 2 aromatic carbocycles. The van der Waals surface area contributed by atoms with Gasteiger partial charge in [-0.15, -0.1) is 0 Å². The Morgan fingerprint density at radius 2 is 1.95 bits per heavy atom. The lowest BCUT2D eigenvalue weighted by Crippen LogP contribution is -2.20. The van der Waals surface area contributed by atoms with Gasteiger partial charge in [0.2, 0.25) is 10.0 Å². The third kappa shape index (κ3) is 2.26. The standard InChI is InChI=1S/C14H14N4O2S/c1-16-21(19,20)14-7-6-10(8-11(14)15)18-9-17-12-4-2-3-5-13(12)18/h2-9,16H,15H2,1H3. The van der Waals surface area contributed by atoms with E-state index in [1.165, 1.54) is 13.1 Å². The molecule has 3 N–H and O–H groups in total. The van der Waals surface area contributed by atoms with Crippen LogP contribution in [0.15, 0.2) is 53.7 Å². The van der Waals surface area contributed by atoms with E-state index in [9.17, 15) is 8.42 Å². The van der Waals surface area contributed by atoms with Crippen molar-refractivity contribution in [3.05, 3.63) is 48.8 Å². The van der Waals surface area contributed by atoms with E-state index < -0.39 is 10.0 Å². The molecule has 0 spiro atoms. The molecular formula is C14H14N4O2S. The second-order valence-corrected chi connectivity index (χ2v) is 6.39. The Labute approximate surface area is 122 Å². The van der Waals surface area contributed by atoms with Crippen molar-refractivity contribution >= 4 is 26.7 Å². The Hall–Kier alpha value is -2.38. The minimum atomic E-state index is -3.56. The normalized spacial score (nSPS) is 11.9. The number of benzene rings is 2. The van der Waals surface area contributed by atoms with Gasteiger partial charge in [-0.05, 0) is 37.4 Å². The number of imidazole rings is 1. The summed E-state index contributed by atoms with van der Waals surface area (Å²) in [4.78, 5) is 4.37. The van der Waals surface area contributed by atoms with Crippen LogP contribution in [-0.4, -0.2) is 25.0 Å². The van der Waals surface area contributed by atoms with Crippen LogP contribution in [0.4, 0.5) is 5.69 Å². The number of fused-ring (bicyclic) bond motifs is 1. The number of nitrogens with zero attached hydrogens (tertiary/aromatic N) is 2. The minimum absolute atomic E-state index is 0.0678. The molecule has 1 heterocycles. The Balaban J connectivity index is 2.15. The first kappa shape index (κ1) is 13.6. The van der Waals surface area contributed by atoms with E-state index in [1.807, 2.05) is 28.8 Å². The van der Waals surface area contributed by atoms with Gasteiger partial charge in [0.25, 0.3) is 0 Å². The second-order valence-electron chi connectivity index (χ2n) is 4.53. The molecule has 21 heavy (non-hydrogen) atoms. The molecule has 108 valence electrons. The number of aromatic nitrogens is 2. The van der Waals surface area contributed by atoms with Gasteiger partial charge in [0.15, 0.2) is 0 Å². The largest absolute Gasteiger partial charge is 0.398 e. The Morgan fingerprint density at radius 1 is 1.19 bits per heavy atom. The highest BCUT2D eigenvalue weighted by Crippen LogP contribution is 2.24. The van der Waals surface area contributed by atoms with E-state index in [2.05, 4.69) is 9.71 Å². The summed E-state index contributed by atoms with van der Waals surface area (Å²) in [5.74, 6) is 0. The summed E-state index contributed by atoms with van der Waals surface area (Å²) in [6, 6.07) is 12.5. The summed E-state index contributed by atoms with van der Waals surface area (Å²) in [6.45, 7) is 0. The molecule has 3 rings (SSSR count). The highest BCUT2D eigenvalue weighted by Gasteiger charge is 2.16. The molecule has 0 atom stereocenters. The molecule has 1 aromatic heterocycles. The molecule has 0 bridgehead atoms. The Morgan fingerprint density at radius 3 is 2.67 bits per heavy atom. The summed E-state index contributed by atoms with van der Waals surface area (Å²) < 4.78 is 27.8. The molecule has 0 aliphatic rings. The number of para-hydroxylation sites is 2. The molecule has 6 nitrogen and oxygen atoms in total. The molecule has 0 aliphatic heterocycles. The van der Waals surface area contributed by atoms with Crippen LogP contribution in [0.1, 0.15) is 0 Å². The van der Waals surface area contributed by atoms with Crippen LogP contribution in [0, 0.1) is 0 Å². The van der Waals surface area contributed by atoms with E-state index in [1.54, 1.807) is 18.5 Å². The zero-order valence-electron chi connectivity index (χ0n) is 11.3. The minimum Gasteiger partial charge on any atom is -0.398 e. The maximum Gasteiger partial charge on any atom is 0.242 e. The number of nitrogens with one attached hydrogen (secondary N) is 1. The zero-order valence-corrected chi connectivity index (χ0v) is 12.1. The van der Waals surface area contributed by atoms with Gasteiger partial charge in [-0.1, -0.05) is 12.1 Å². The maximum absolute atomic E-state index is 11.8. The van der Waals surface area contributed by atoms with Crippen molar-refractivity contribution in [3.63, 3.8) is 0 Å². The van der Waals surface area contributed by atoms with Crippen LogP contribution in [0.5, 0.6) is 0 Å². The van der Waals surface area contributed by atoms with Gasteiger partial charge in [-0.2, -0.15) is 0 Å². The van der Waals surface area contributed by atoms with Crippen LogP contribution < -0.4 is 10.5 Å². The molecule has 3 aromatic rings. The lowest BCUT2D eigenvalue weighted by atomic mass is 10.2. The molecule has 0 saturated heterocycles.